The number of nitrogen functional groups attached to an aromatic ring is 1. The minimum Gasteiger partial charge on any atom is -0.384 e. The fraction of sp³-hybridized carbons (Fsp3) is 0.379. The summed E-state index contributed by atoms with van der Waals surface area (Å²) < 4.78 is 5.36. The van der Waals surface area contributed by atoms with Gasteiger partial charge in [0, 0.05) is 25.2 Å². The van der Waals surface area contributed by atoms with Crippen LogP contribution in [0, 0.1) is 16.7 Å². The second-order valence-corrected chi connectivity index (χ2v) is 10.1. The first-order chi connectivity index (χ1) is 20.6. The molecule has 0 saturated carbocycles. The Labute approximate surface area is 249 Å². The van der Waals surface area contributed by atoms with Crippen LogP contribution in [-0.2, 0) is 30.3 Å². The highest BCUT2D eigenvalue weighted by Gasteiger charge is 2.35. The predicted octanol–water partition coefficient (Wildman–Crippen LogP) is -0.921. The number of morpholine rings is 1. The van der Waals surface area contributed by atoms with Gasteiger partial charge in [0.05, 0.1) is 13.2 Å². The molecule has 14 heteroatoms. The SMILES string of the molecule is N=C(N)NCCC[C@H](NC(=O)[C@@H](NC(=O)[C@H](Cc1ccc(C(=N)N)cc1)C(=O)N1CCOCC1)c1ccccc1)C(N)=O. The number of hydrogen-bond donors (Lipinski definition) is 8. The Hall–Kier alpha value is -4.98. The summed E-state index contributed by atoms with van der Waals surface area (Å²) in [6.07, 6.45) is 0.593. The molecule has 3 rings (SSSR count). The lowest BCUT2D eigenvalue weighted by molar-refractivity contribution is -0.146. The average molecular weight is 594 g/mol. The molecule has 1 fully saturated rings. The summed E-state index contributed by atoms with van der Waals surface area (Å²) in [6.45, 7) is 1.64. The average Bonchev–Trinajstić information content (AvgIpc) is 3.00. The molecular formula is C29H39N9O5. The van der Waals surface area contributed by atoms with E-state index in [0.29, 0.717) is 56.0 Å². The van der Waals surface area contributed by atoms with E-state index in [-0.39, 0.29) is 24.6 Å². The summed E-state index contributed by atoms with van der Waals surface area (Å²) in [6, 6.07) is 12.9. The van der Waals surface area contributed by atoms with Crippen molar-refractivity contribution in [1.29, 1.82) is 10.8 Å². The number of ether oxygens (including phenoxy) is 1. The number of benzene rings is 2. The lowest BCUT2D eigenvalue weighted by Crippen LogP contribution is -2.52. The summed E-state index contributed by atoms with van der Waals surface area (Å²) in [5, 5.41) is 22.8. The Bertz CT molecular complexity index is 1300. The highest BCUT2D eigenvalue weighted by atomic mass is 16.5. The molecule has 3 atom stereocenters. The first-order valence-electron chi connectivity index (χ1n) is 13.9. The van der Waals surface area contributed by atoms with E-state index in [9.17, 15) is 19.2 Å². The number of carbonyl (C=O) groups is 4. The van der Waals surface area contributed by atoms with Crippen molar-refractivity contribution in [1.82, 2.24) is 20.9 Å². The topological polar surface area (TPSA) is 243 Å². The standard InChI is InChI=1S/C29H39N9O5/c30-24(31)20-10-8-18(9-11-20)17-21(28(42)38-13-15-43-16-14-38)26(40)37-23(19-5-2-1-3-6-19)27(41)36-22(25(32)39)7-4-12-35-29(33)34/h1-3,5-6,8-11,21-23H,4,7,12-17H2,(H3,30,31)(H2,32,39)(H,36,41)(H,37,40)(H4,33,34,35)/t21-,22-,23-/m0/s1. The van der Waals surface area contributed by atoms with Crippen LogP contribution in [0.15, 0.2) is 54.6 Å². The van der Waals surface area contributed by atoms with Crippen molar-refractivity contribution in [3.05, 3.63) is 71.3 Å². The molecule has 14 nitrogen and oxygen atoms in total. The number of rotatable bonds is 14. The molecule has 0 spiro atoms. The Morgan fingerprint density at radius 2 is 1.53 bits per heavy atom. The van der Waals surface area contributed by atoms with Crippen LogP contribution in [-0.4, -0.2) is 79.2 Å². The molecule has 1 aliphatic rings. The van der Waals surface area contributed by atoms with Crippen LogP contribution >= 0.6 is 0 Å². The van der Waals surface area contributed by atoms with Crippen LogP contribution in [0.2, 0.25) is 0 Å². The van der Waals surface area contributed by atoms with Crippen molar-refractivity contribution >= 4 is 35.4 Å². The largest absolute Gasteiger partial charge is 0.384 e. The highest BCUT2D eigenvalue weighted by molar-refractivity contribution is 6.02. The zero-order chi connectivity index (χ0) is 31.4. The molecule has 230 valence electrons. The lowest BCUT2D eigenvalue weighted by Gasteiger charge is -2.31. The summed E-state index contributed by atoms with van der Waals surface area (Å²) in [5.41, 5.74) is 18.0. The molecular weight excluding hydrogens is 554 g/mol. The van der Waals surface area contributed by atoms with Crippen LogP contribution in [0.4, 0.5) is 0 Å². The van der Waals surface area contributed by atoms with Crippen LogP contribution in [0.3, 0.4) is 0 Å². The number of nitrogens with one attached hydrogen (secondary N) is 5. The monoisotopic (exact) mass is 593 g/mol. The molecule has 4 amide bonds. The van der Waals surface area contributed by atoms with Gasteiger partial charge in [0.15, 0.2) is 5.96 Å². The molecule has 2 aromatic carbocycles. The van der Waals surface area contributed by atoms with Gasteiger partial charge in [-0.25, -0.2) is 0 Å². The van der Waals surface area contributed by atoms with Crippen molar-refractivity contribution in [2.45, 2.75) is 31.3 Å². The Morgan fingerprint density at radius 1 is 0.884 bits per heavy atom. The Kier molecular flexibility index (Phi) is 12.0. The van der Waals surface area contributed by atoms with Crippen molar-refractivity contribution in [2.24, 2.45) is 23.1 Å². The third-order valence-electron chi connectivity index (χ3n) is 6.97. The van der Waals surface area contributed by atoms with Crippen molar-refractivity contribution < 1.29 is 23.9 Å². The van der Waals surface area contributed by atoms with Gasteiger partial charge >= 0.3 is 0 Å². The minimum atomic E-state index is -1.23. The van der Waals surface area contributed by atoms with E-state index in [4.69, 9.17) is 32.8 Å². The molecule has 0 aromatic heterocycles. The molecule has 11 N–H and O–H groups in total. The number of carbonyl (C=O) groups excluding carboxylic acids is 4. The Morgan fingerprint density at radius 3 is 2.12 bits per heavy atom. The van der Waals surface area contributed by atoms with Gasteiger partial charge in [0.2, 0.25) is 23.6 Å². The number of hydrogen-bond acceptors (Lipinski definition) is 7. The molecule has 1 aliphatic heterocycles. The molecule has 0 radical (unpaired) electrons. The maximum atomic E-state index is 13.8. The maximum Gasteiger partial charge on any atom is 0.247 e. The number of amides is 4. The van der Waals surface area contributed by atoms with E-state index < -0.39 is 41.6 Å². The van der Waals surface area contributed by atoms with Gasteiger partial charge in [-0.2, -0.15) is 0 Å². The summed E-state index contributed by atoms with van der Waals surface area (Å²) in [7, 11) is 0. The summed E-state index contributed by atoms with van der Waals surface area (Å²) >= 11 is 0. The van der Waals surface area contributed by atoms with Gasteiger partial charge < -0.3 is 42.8 Å². The third-order valence-corrected chi connectivity index (χ3v) is 6.97. The normalized spacial score (nSPS) is 14.9. The number of amidine groups is 1. The molecule has 1 heterocycles. The fourth-order valence-electron chi connectivity index (χ4n) is 4.61. The zero-order valence-corrected chi connectivity index (χ0v) is 23.8. The van der Waals surface area contributed by atoms with E-state index in [2.05, 4.69) is 16.0 Å². The van der Waals surface area contributed by atoms with Crippen molar-refractivity contribution in [3.8, 4) is 0 Å². The Balaban J connectivity index is 1.84. The van der Waals surface area contributed by atoms with Crippen LogP contribution in [0.5, 0.6) is 0 Å². The number of guanidine groups is 1. The second kappa shape index (κ2) is 15.9. The summed E-state index contributed by atoms with van der Waals surface area (Å²) in [4.78, 5) is 54.7. The van der Waals surface area contributed by atoms with Crippen LogP contribution in [0.25, 0.3) is 0 Å². The van der Waals surface area contributed by atoms with Gasteiger partial charge in [-0.05, 0) is 30.4 Å². The zero-order valence-electron chi connectivity index (χ0n) is 23.8. The van der Waals surface area contributed by atoms with Crippen molar-refractivity contribution in [3.63, 3.8) is 0 Å². The number of nitrogens with zero attached hydrogens (tertiary/aromatic N) is 1. The fourth-order valence-corrected chi connectivity index (χ4v) is 4.61. The van der Waals surface area contributed by atoms with E-state index in [1.165, 1.54) is 0 Å². The van der Waals surface area contributed by atoms with Gasteiger partial charge in [-0.1, -0.05) is 54.6 Å². The van der Waals surface area contributed by atoms with Gasteiger partial charge in [0.1, 0.15) is 23.8 Å². The van der Waals surface area contributed by atoms with Gasteiger partial charge in [-0.3, -0.25) is 30.0 Å². The molecule has 0 aliphatic carbocycles. The van der Waals surface area contributed by atoms with Crippen LogP contribution in [0.1, 0.15) is 35.6 Å². The molecule has 43 heavy (non-hydrogen) atoms. The van der Waals surface area contributed by atoms with Crippen molar-refractivity contribution in [2.75, 3.05) is 32.8 Å². The smallest absolute Gasteiger partial charge is 0.247 e. The predicted molar refractivity (Wildman–Crippen MR) is 160 cm³/mol. The minimum absolute atomic E-state index is 0.0381. The second-order valence-electron chi connectivity index (χ2n) is 10.1. The number of nitrogens with two attached hydrogens (primary N) is 3. The maximum absolute atomic E-state index is 13.8. The summed E-state index contributed by atoms with van der Waals surface area (Å²) in [5.74, 6) is -4.01. The van der Waals surface area contributed by atoms with E-state index in [1.54, 1.807) is 59.5 Å². The van der Waals surface area contributed by atoms with Gasteiger partial charge in [0.25, 0.3) is 0 Å². The first-order valence-corrected chi connectivity index (χ1v) is 13.9. The van der Waals surface area contributed by atoms with Crippen LogP contribution < -0.4 is 33.2 Å². The molecule has 0 unspecified atom stereocenters. The molecule has 2 aromatic rings. The highest BCUT2D eigenvalue weighted by Crippen LogP contribution is 2.19. The molecule has 1 saturated heterocycles. The van der Waals surface area contributed by atoms with E-state index in [0.717, 1.165) is 0 Å². The van der Waals surface area contributed by atoms with Gasteiger partial charge in [-0.15, -0.1) is 0 Å². The first kappa shape index (κ1) is 32.5. The lowest BCUT2D eigenvalue weighted by atomic mass is 9.94. The third kappa shape index (κ3) is 9.81. The quantitative estimate of drug-likeness (QED) is 0.0588. The van der Waals surface area contributed by atoms with E-state index >= 15 is 0 Å². The number of primary amides is 1. The van der Waals surface area contributed by atoms with E-state index in [1.807, 2.05) is 0 Å². The molecule has 0 bridgehead atoms.